The summed E-state index contributed by atoms with van der Waals surface area (Å²) in [5.41, 5.74) is 0. The first-order valence-electron chi connectivity index (χ1n) is 4.73. The number of alkyl halides is 3. The molecule has 0 radical (unpaired) electrons. The summed E-state index contributed by atoms with van der Waals surface area (Å²) >= 11 is 0. The maximum Gasteiger partial charge on any atom is 0.406 e. The molecule has 0 aliphatic carbocycles. The molecule has 0 aliphatic heterocycles. The van der Waals surface area contributed by atoms with Gasteiger partial charge in [0.05, 0.1) is 6.54 Å². The van der Waals surface area contributed by atoms with Crippen molar-refractivity contribution in [3.8, 4) is 0 Å². The normalized spacial score (nSPS) is 11.8. The highest BCUT2D eigenvalue weighted by atomic mass is 19.4. The van der Waals surface area contributed by atoms with Crippen LogP contribution in [0.15, 0.2) is 4.42 Å². The van der Waals surface area contributed by atoms with Gasteiger partial charge in [0.1, 0.15) is 6.54 Å². The number of aromatic nitrogens is 2. The molecule has 92 valence electrons. The third-order valence-electron chi connectivity index (χ3n) is 1.73. The molecule has 0 unspecified atom stereocenters. The van der Waals surface area contributed by atoms with Crippen LogP contribution in [0.4, 0.5) is 19.2 Å². The van der Waals surface area contributed by atoms with Gasteiger partial charge in [-0.3, -0.25) is 0 Å². The fraction of sp³-hybridized carbons (Fsp3) is 0.750. The van der Waals surface area contributed by atoms with E-state index in [-0.39, 0.29) is 11.9 Å². The van der Waals surface area contributed by atoms with Crippen molar-refractivity contribution in [3.63, 3.8) is 0 Å². The molecular formula is C8H13F3N4O. The highest BCUT2D eigenvalue weighted by Crippen LogP contribution is 2.19. The Morgan fingerprint density at radius 3 is 2.62 bits per heavy atom. The maximum absolute atomic E-state index is 12.1. The van der Waals surface area contributed by atoms with E-state index in [1.807, 2.05) is 6.92 Å². The molecule has 1 aromatic heterocycles. The lowest BCUT2D eigenvalue weighted by molar-refractivity contribution is -0.119. The molecule has 0 saturated heterocycles. The van der Waals surface area contributed by atoms with Crippen LogP contribution in [0.5, 0.6) is 0 Å². The van der Waals surface area contributed by atoms with Crippen LogP contribution in [0, 0.1) is 0 Å². The molecule has 1 heterocycles. The largest absolute Gasteiger partial charge is 0.407 e. The van der Waals surface area contributed by atoms with Crippen LogP contribution < -0.4 is 10.2 Å². The Kier molecular flexibility index (Phi) is 4.11. The lowest BCUT2D eigenvalue weighted by atomic mass is 10.6. The highest BCUT2D eigenvalue weighted by Gasteiger charge is 2.31. The monoisotopic (exact) mass is 238 g/mol. The fourth-order valence-corrected chi connectivity index (χ4v) is 1.04. The second-order valence-corrected chi connectivity index (χ2v) is 3.23. The summed E-state index contributed by atoms with van der Waals surface area (Å²) in [6, 6.07) is -0.134. The van der Waals surface area contributed by atoms with Crippen molar-refractivity contribution in [3.05, 3.63) is 5.89 Å². The smallest absolute Gasteiger partial charge is 0.406 e. The minimum Gasteiger partial charge on any atom is -0.407 e. The molecular weight excluding hydrogens is 225 g/mol. The second-order valence-electron chi connectivity index (χ2n) is 3.23. The van der Waals surface area contributed by atoms with Gasteiger partial charge in [-0.15, -0.1) is 5.10 Å². The van der Waals surface area contributed by atoms with E-state index in [9.17, 15) is 13.2 Å². The Bertz CT molecular complexity index is 325. The van der Waals surface area contributed by atoms with E-state index in [1.165, 1.54) is 7.05 Å². The minimum atomic E-state index is -4.29. The van der Waals surface area contributed by atoms with Gasteiger partial charge >= 0.3 is 12.2 Å². The van der Waals surface area contributed by atoms with Gasteiger partial charge in [-0.2, -0.15) is 13.2 Å². The molecule has 0 aliphatic rings. The third-order valence-corrected chi connectivity index (χ3v) is 1.73. The van der Waals surface area contributed by atoms with Crippen LogP contribution in [0.3, 0.4) is 0 Å². The van der Waals surface area contributed by atoms with Gasteiger partial charge in [-0.1, -0.05) is 12.0 Å². The first kappa shape index (κ1) is 12.8. The predicted molar refractivity (Wildman–Crippen MR) is 51.0 cm³/mol. The topological polar surface area (TPSA) is 54.2 Å². The van der Waals surface area contributed by atoms with E-state index < -0.39 is 12.7 Å². The summed E-state index contributed by atoms with van der Waals surface area (Å²) in [5.74, 6) is 0.269. The van der Waals surface area contributed by atoms with E-state index in [4.69, 9.17) is 4.42 Å². The van der Waals surface area contributed by atoms with E-state index in [0.29, 0.717) is 6.54 Å². The first-order chi connectivity index (χ1) is 7.42. The van der Waals surface area contributed by atoms with Crippen LogP contribution >= 0.6 is 0 Å². The number of nitrogens with zero attached hydrogens (tertiary/aromatic N) is 3. The first-order valence-corrected chi connectivity index (χ1v) is 4.73. The number of rotatable bonds is 5. The zero-order valence-corrected chi connectivity index (χ0v) is 9.01. The molecule has 0 spiro atoms. The molecule has 0 aromatic carbocycles. The lowest BCUT2D eigenvalue weighted by Crippen LogP contribution is -2.31. The summed E-state index contributed by atoms with van der Waals surface area (Å²) in [6.07, 6.45) is -4.29. The average molecular weight is 238 g/mol. The molecule has 0 amide bonds. The number of hydrogen-bond acceptors (Lipinski definition) is 5. The highest BCUT2D eigenvalue weighted by molar-refractivity contribution is 5.22. The molecule has 1 rings (SSSR count). The Labute approximate surface area is 90.6 Å². The Balaban J connectivity index is 2.56. The summed E-state index contributed by atoms with van der Waals surface area (Å²) in [7, 11) is 1.25. The van der Waals surface area contributed by atoms with E-state index >= 15 is 0 Å². The van der Waals surface area contributed by atoms with Gasteiger partial charge < -0.3 is 14.6 Å². The van der Waals surface area contributed by atoms with Crippen molar-refractivity contribution in [2.24, 2.45) is 0 Å². The molecule has 16 heavy (non-hydrogen) atoms. The van der Waals surface area contributed by atoms with E-state index in [0.717, 1.165) is 11.4 Å². The molecule has 5 nitrogen and oxygen atoms in total. The summed E-state index contributed by atoms with van der Waals surface area (Å²) in [5, 5.41) is 10.1. The van der Waals surface area contributed by atoms with Gasteiger partial charge in [-0.25, -0.2) is 0 Å². The Morgan fingerprint density at radius 1 is 1.38 bits per heavy atom. The van der Waals surface area contributed by atoms with Crippen LogP contribution in [-0.4, -0.2) is 36.5 Å². The van der Waals surface area contributed by atoms with Crippen molar-refractivity contribution in [2.45, 2.75) is 19.6 Å². The molecule has 1 aromatic rings. The van der Waals surface area contributed by atoms with E-state index in [2.05, 4.69) is 15.5 Å². The van der Waals surface area contributed by atoms with Gasteiger partial charge in [0.2, 0.25) is 5.89 Å². The number of halogens is 3. The zero-order chi connectivity index (χ0) is 12.2. The van der Waals surface area contributed by atoms with Gasteiger partial charge in [0.25, 0.3) is 0 Å². The zero-order valence-electron chi connectivity index (χ0n) is 9.01. The summed E-state index contributed by atoms with van der Waals surface area (Å²) in [4.78, 5) is 0.864. The SMILES string of the molecule is CCNCc1nnc(N(C)CC(F)(F)F)o1. The van der Waals surface area contributed by atoms with Crippen LogP contribution in [0.1, 0.15) is 12.8 Å². The summed E-state index contributed by atoms with van der Waals surface area (Å²) < 4.78 is 41.2. The standard InChI is InChI=1S/C8H13F3N4O/c1-3-12-4-6-13-14-7(16-6)15(2)5-8(9,10)11/h12H,3-5H2,1-2H3. The van der Waals surface area contributed by atoms with Crippen LogP contribution in [-0.2, 0) is 6.54 Å². The third kappa shape index (κ3) is 4.05. The van der Waals surface area contributed by atoms with Crippen LogP contribution in [0.2, 0.25) is 0 Å². The summed E-state index contributed by atoms with van der Waals surface area (Å²) in [6.45, 7) is 1.85. The maximum atomic E-state index is 12.1. The predicted octanol–water partition coefficient (Wildman–Crippen LogP) is 1.18. The molecule has 0 atom stereocenters. The van der Waals surface area contributed by atoms with E-state index in [1.54, 1.807) is 0 Å². The van der Waals surface area contributed by atoms with Gasteiger partial charge in [-0.05, 0) is 6.54 Å². The Morgan fingerprint density at radius 2 is 2.06 bits per heavy atom. The van der Waals surface area contributed by atoms with Crippen LogP contribution in [0.25, 0.3) is 0 Å². The van der Waals surface area contributed by atoms with Gasteiger partial charge in [0.15, 0.2) is 0 Å². The quantitative estimate of drug-likeness (QED) is 0.834. The number of anilines is 1. The van der Waals surface area contributed by atoms with Crippen molar-refractivity contribution < 1.29 is 17.6 Å². The Hall–Kier alpha value is -1.31. The molecule has 0 saturated carbocycles. The lowest BCUT2D eigenvalue weighted by Gasteiger charge is -2.15. The molecule has 8 heteroatoms. The molecule has 1 N–H and O–H groups in total. The second kappa shape index (κ2) is 5.15. The number of nitrogens with one attached hydrogen (secondary N) is 1. The molecule has 0 bridgehead atoms. The minimum absolute atomic E-state index is 0.134. The van der Waals surface area contributed by atoms with Gasteiger partial charge in [0, 0.05) is 7.05 Å². The van der Waals surface area contributed by atoms with Crippen molar-refractivity contribution in [1.29, 1.82) is 0 Å². The fourth-order valence-electron chi connectivity index (χ4n) is 1.04. The average Bonchev–Trinajstić information content (AvgIpc) is 2.60. The van der Waals surface area contributed by atoms with Crippen molar-refractivity contribution in [1.82, 2.24) is 15.5 Å². The number of hydrogen-bond donors (Lipinski definition) is 1. The molecule has 0 fully saturated rings. The van der Waals surface area contributed by atoms with Crippen molar-refractivity contribution in [2.75, 3.05) is 25.0 Å². The van der Waals surface area contributed by atoms with Crippen molar-refractivity contribution >= 4 is 6.01 Å².